The van der Waals surface area contributed by atoms with Crippen molar-refractivity contribution in [3.05, 3.63) is 34.3 Å². The third-order valence-corrected chi connectivity index (χ3v) is 3.67. The minimum absolute atomic E-state index is 0.213. The van der Waals surface area contributed by atoms with Crippen molar-refractivity contribution in [2.24, 2.45) is 11.7 Å². The van der Waals surface area contributed by atoms with E-state index in [0.717, 1.165) is 24.7 Å². The third-order valence-electron chi connectivity index (χ3n) is 3.44. The van der Waals surface area contributed by atoms with E-state index in [9.17, 15) is 0 Å². The van der Waals surface area contributed by atoms with Crippen molar-refractivity contribution >= 4 is 11.6 Å². The summed E-state index contributed by atoms with van der Waals surface area (Å²) >= 11 is 6.05. The number of aryl methyl sites for hydroxylation is 1. The Hall–Kier alpha value is -0.610. The molecule has 0 bridgehead atoms. The minimum atomic E-state index is 0.213. The molecule has 0 fully saturated rings. The molecule has 1 unspecified atom stereocenters. The summed E-state index contributed by atoms with van der Waals surface area (Å²) in [5.41, 5.74) is 8.50. The number of methoxy groups -OCH3 is 1. The van der Waals surface area contributed by atoms with Gasteiger partial charge >= 0.3 is 0 Å². The summed E-state index contributed by atoms with van der Waals surface area (Å²) in [6.07, 6.45) is 0. The second-order valence-corrected chi connectivity index (χ2v) is 6.07. The summed E-state index contributed by atoms with van der Waals surface area (Å²) in [5.74, 6) is 0.591. The first-order chi connectivity index (χ1) is 9.49. The Balaban J connectivity index is 2.98. The largest absolute Gasteiger partial charge is 0.383 e. The van der Waals surface area contributed by atoms with E-state index in [1.165, 1.54) is 11.1 Å². The van der Waals surface area contributed by atoms with Crippen molar-refractivity contribution < 1.29 is 4.74 Å². The molecule has 114 valence electrons. The molecule has 3 nitrogen and oxygen atoms in total. The fourth-order valence-electron chi connectivity index (χ4n) is 2.54. The van der Waals surface area contributed by atoms with Crippen LogP contribution in [0.2, 0.25) is 5.02 Å². The number of ether oxygens (including phenoxy) is 1. The lowest BCUT2D eigenvalue weighted by Crippen LogP contribution is -2.38. The van der Waals surface area contributed by atoms with E-state index in [-0.39, 0.29) is 6.04 Å². The van der Waals surface area contributed by atoms with Crippen molar-refractivity contribution in [3.63, 3.8) is 0 Å². The summed E-state index contributed by atoms with van der Waals surface area (Å²) in [6.45, 7) is 9.75. The minimum Gasteiger partial charge on any atom is -0.383 e. The Morgan fingerprint density at radius 1 is 1.35 bits per heavy atom. The fourth-order valence-corrected chi connectivity index (χ4v) is 2.76. The quantitative estimate of drug-likeness (QED) is 0.800. The van der Waals surface area contributed by atoms with E-state index in [2.05, 4.69) is 31.7 Å². The van der Waals surface area contributed by atoms with Gasteiger partial charge in [-0.05, 0) is 36.1 Å². The summed E-state index contributed by atoms with van der Waals surface area (Å²) in [6, 6.07) is 6.25. The SMILES string of the molecule is COCCN(CC(C)C)C(CN)c1ccc(Cl)cc1C. The standard InChI is InChI=1S/C16H27ClN2O/c1-12(2)11-19(7-8-20-4)16(10-18)15-6-5-14(17)9-13(15)3/h5-6,9,12,16H,7-8,10-11,18H2,1-4H3. The molecule has 1 aromatic rings. The van der Waals surface area contributed by atoms with Gasteiger partial charge in [0.2, 0.25) is 0 Å². The molecule has 1 rings (SSSR count). The molecular weight excluding hydrogens is 272 g/mol. The van der Waals surface area contributed by atoms with Gasteiger partial charge in [0, 0.05) is 37.8 Å². The zero-order valence-electron chi connectivity index (χ0n) is 13.0. The second kappa shape index (κ2) is 8.63. The van der Waals surface area contributed by atoms with Crippen LogP contribution >= 0.6 is 11.6 Å². The summed E-state index contributed by atoms with van der Waals surface area (Å²) in [7, 11) is 1.73. The summed E-state index contributed by atoms with van der Waals surface area (Å²) < 4.78 is 5.23. The van der Waals surface area contributed by atoms with Gasteiger partial charge in [-0.3, -0.25) is 4.90 Å². The number of nitrogens with zero attached hydrogens (tertiary/aromatic N) is 1. The highest BCUT2D eigenvalue weighted by Gasteiger charge is 2.21. The first kappa shape index (κ1) is 17.4. The Labute approximate surface area is 128 Å². The Kier molecular flexibility index (Phi) is 7.52. The highest BCUT2D eigenvalue weighted by Crippen LogP contribution is 2.26. The molecule has 0 aliphatic rings. The van der Waals surface area contributed by atoms with Gasteiger partial charge in [0.1, 0.15) is 0 Å². The predicted octanol–water partition coefficient (Wildman–Crippen LogP) is 3.25. The molecule has 0 spiro atoms. The van der Waals surface area contributed by atoms with Crippen molar-refractivity contribution in [3.8, 4) is 0 Å². The molecule has 1 aromatic carbocycles. The van der Waals surface area contributed by atoms with Crippen molar-refractivity contribution in [2.75, 3.05) is 33.4 Å². The number of rotatable bonds is 8. The summed E-state index contributed by atoms with van der Waals surface area (Å²) in [5, 5.41) is 0.773. The highest BCUT2D eigenvalue weighted by molar-refractivity contribution is 6.30. The number of benzene rings is 1. The van der Waals surface area contributed by atoms with Gasteiger partial charge in [-0.15, -0.1) is 0 Å². The van der Waals surface area contributed by atoms with Gasteiger partial charge in [0.05, 0.1) is 6.61 Å². The first-order valence-corrected chi connectivity index (χ1v) is 7.56. The van der Waals surface area contributed by atoms with Crippen molar-refractivity contribution in [1.82, 2.24) is 4.90 Å². The van der Waals surface area contributed by atoms with E-state index >= 15 is 0 Å². The maximum absolute atomic E-state index is 6.05. The highest BCUT2D eigenvalue weighted by atomic mass is 35.5. The lowest BCUT2D eigenvalue weighted by Gasteiger charge is -2.33. The monoisotopic (exact) mass is 298 g/mol. The lowest BCUT2D eigenvalue weighted by atomic mass is 9.99. The van der Waals surface area contributed by atoms with E-state index in [1.54, 1.807) is 7.11 Å². The zero-order chi connectivity index (χ0) is 15.1. The van der Waals surface area contributed by atoms with Crippen molar-refractivity contribution in [1.29, 1.82) is 0 Å². The molecule has 20 heavy (non-hydrogen) atoms. The van der Waals surface area contributed by atoms with Crippen LogP contribution in [0.5, 0.6) is 0 Å². The van der Waals surface area contributed by atoms with Gasteiger partial charge < -0.3 is 10.5 Å². The van der Waals surface area contributed by atoms with Gasteiger partial charge in [-0.25, -0.2) is 0 Å². The molecule has 0 saturated carbocycles. The smallest absolute Gasteiger partial charge is 0.0589 e. The predicted molar refractivity (Wildman–Crippen MR) is 86.3 cm³/mol. The Morgan fingerprint density at radius 2 is 2.05 bits per heavy atom. The normalized spacial score (nSPS) is 13.2. The number of halogens is 1. The molecule has 0 aromatic heterocycles. The van der Waals surface area contributed by atoms with Crippen LogP contribution < -0.4 is 5.73 Å². The number of nitrogens with two attached hydrogens (primary N) is 1. The van der Waals surface area contributed by atoms with E-state index in [1.807, 2.05) is 12.1 Å². The molecule has 0 aliphatic carbocycles. The Bertz CT molecular complexity index is 409. The van der Waals surface area contributed by atoms with Crippen LogP contribution in [-0.2, 0) is 4.74 Å². The first-order valence-electron chi connectivity index (χ1n) is 7.18. The van der Waals surface area contributed by atoms with Gasteiger partial charge in [-0.2, -0.15) is 0 Å². The Morgan fingerprint density at radius 3 is 2.55 bits per heavy atom. The van der Waals surface area contributed by atoms with Crippen LogP contribution in [-0.4, -0.2) is 38.3 Å². The van der Waals surface area contributed by atoms with Gasteiger partial charge in [-0.1, -0.05) is 31.5 Å². The van der Waals surface area contributed by atoms with Crippen LogP contribution in [0.3, 0.4) is 0 Å². The van der Waals surface area contributed by atoms with Crippen LogP contribution in [0.4, 0.5) is 0 Å². The lowest BCUT2D eigenvalue weighted by molar-refractivity contribution is 0.111. The van der Waals surface area contributed by atoms with Crippen LogP contribution in [0, 0.1) is 12.8 Å². The van der Waals surface area contributed by atoms with E-state index in [4.69, 9.17) is 22.1 Å². The molecule has 1 atom stereocenters. The average Bonchev–Trinajstić information content (AvgIpc) is 2.38. The molecule has 0 amide bonds. The van der Waals surface area contributed by atoms with Gasteiger partial charge in [0.15, 0.2) is 0 Å². The fraction of sp³-hybridized carbons (Fsp3) is 0.625. The maximum Gasteiger partial charge on any atom is 0.0589 e. The molecular formula is C16H27ClN2O. The molecule has 4 heteroatoms. The topological polar surface area (TPSA) is 38.5 Å². The number of hydrogen-bond donors (Lipinski definition) is 1. The van der Waals surface area contributed by atoms with E-state index in [0.29, 0.717) is 12.5 Å². The van der Waals surface area contributed by atoms with Crippen LogP contribution in [0.15, 0.2) is 18.2 Å². The van der Waals surface area contributed by atoms with Crippen LogP contribution in [0.25, 0.3) is 0 Å². The average molecular weight is 299 g/mol. The summed E-state index contributed by atoms with van der Waals surface area (Å²) in [4.78, 5) is 2.41. The molecule has 0 heterocycles. The molecule has 0 aliphatic heterocycles. The maximum atomic E-state index is 6.05. The number of hydrogen-bond acceptors (Lipinski definition) is 3. The third kappa shape index (κ3) is 5.06. The molecule has 0 saturated heterocycles. The molecule has 0 radical (unpaired) electrons. The van der Waals surface area contributed by atoms with Crippen molar-refractivity contribution in [2.45, 2.75) is 26.8 Å². The van der Waals surface area contributed by atoms with Gasteiger partial charge in [0.25, 0.3) is 0 Å². The van der Waals surface area contributed by atoms with Crippen LogP contribution in [0.1, 0.15) is 31.0 Å². The zero-order valence-corrected chi connectivity index (χ0v) is 13.8. The second-order valence-electron chi connectivity index (χ2n) is 5.63. The van der Waals surface area contributed by atoms with E-state index < -0.39 is 0 Å². The molecule has 2 N–H and O–H groups in total.